The first kappa shape index (κ1) is 12.8. The van der Waals surface area contributed by atoms with E-state index in [1.807, 2.05) is 0 Å². The summed E-state index contributed by atoms with van der Waals surface area (Å²) in [6.45, 7) is 0. The molecule has 0 atom stereocenters. The van der Waals surface area contributed by atoms with Crippen molar-refractivity contribution in [2.24, 2.45) is 0 Å². The van der Waals surface area contributed by atoms with E-state index in [1.165, 1.54) is 37.6 Å². The fourth-order valence-corrected chi connectivity index (χ4v) is 1.41. The number of rotatable bonds is 3. The minimum Gasteiger partial charge on any atom is -0.464 e. The van der Waals surface area contributed by atoms with Crippen molar-refractivity contribution in [2.45, 2.75) is 0 Å². The quantitative estimate of drug-likeness (QED) is 0.679. The molecular formula is C13H11FN2O3. The maximum atomic E-state index is 13.1. The van der Waals surface area contributed by atoms with Gasteiger partial charge in [-0.25, -0.2) is 14.2 Å². The molecule has 0 aliphatic carbocycles. The molecule has 0 saturated heterocycles. The molecule has 0 aliphatic rings. The third kappa shape index (κ3) is 2.98. The third-order valence-corrected chi connectivity index (χ3v) is 2.33. The van der Waals surface area contributed by atoms with E-state index in [9.17, 15) is 9.18 Å². The van der Waals surface area contributed by atoms with Gasteiger partial charge in [0.2, 0.25) is 0 Å². The van der Waals surface area contributed by atoms with E-state index in [2.05, 4.69) is 9.72 Å². The molecule has 0 fully saturated rings. The zero-order chi connectivity index (χ0) is 13.8. The van der Waals surface area contributed by atoms with Crippen LogP contribution in [0, 0.1) is 5.82 Å². The number of halogens is 1. The lowest BCUT2D eigenvalue weighted by molar-refractivity contribution is 0.0593. The van der Waals surface area contributed by atoms with E-state index < -0.39 is 11.8 Å². The van der Waals surface area contributed by atoms with Crippen LogP contribution in [0.5, 0.6) is 11.5 Å². The van der Waals surface area contributed by atoms with Crippen molar-refractivity contribution in [1.29, 1.82) is 0 Å². The first-order chi connectivity index (χ1) is 9.10. The second-order valence-corrected chi connectivity index (χ2v) is 3.65. The van der Waals surface area contributed by atoms with E-state index in [0.717, 1.165) is 6.07 Å². The molecule has 98 valence electrons. The van der Waals surface area contributed by atoms with Gasteiger partial charge < -0.3 is 15.2 Å². The molecule has 0 aliphatic heterocycles. The van der Waals surface area contributed by atoms with Crippen LogP contribution < -0.4 is 10.5 Å². The van der Waals surface area contributed by atoms with Gasteiger partial charge in [0.05, 0.1) is 12.8 Å². The Kier molecular flexibility index (Phi) is 3.61. The number of pyridine rings is 1. The van der Waals surface area contributed by atoms with E-state index >= 15 is 0 Å². The summed E-state index contributed by atoms with van der Waals surface area (Å²) in [6, 6.07) is 6.70. The summed E-state index contributed by atoms with van der Waals surface area (Å²) in [4.78, 5) is 15.1. The first-order valence-corrected chi connectivity index (χ1v) is 5.37. The Balaban J connectivity index is 2.28. The van der Waals surface area contributed by atoms with Gasteiger partial charge in [0.15, 0.2) is 11.4 Å². The van der Waals surface area contributed by atoms with Gasteiger partial charge in [-0.05, 0) is 18.2 Å². The monoisotopic (exact) mass is 262 g/mol. The maximum absolute atomic E-state index is 13.1. The molecule has 0 saturated carbocycles. The largest absolute Gasteiger partial charge is 0.464 e. The highest BCUT2D eigenvalue weighted by molar-refractivity contribution is 5.87. The summed E-state index contributed by atoms with van der Waals surface area (Å²) in [5.74, 6) is -0.571. The summed E-state index contributed by atoms with van der Waals surface area (Å²) in [5.41, 5.74) is 6.04. The Hall–Kier alpha value is -2.63. The van der Waals surface area contributed by atoms with Gasteiger partial charge in [-0.1, -0.05) is 0 Å². The molecular weight excluding hydrogens is 251 g/mol. The zero-order valence-corrected chi connectivity index (χ0v) is 10.1. The Bertz CT molecular complexity index is 617. The number of ether oxygens (including phenoxy) is 2. The standard InChI is InChI=1S/C13H11FN2O3/c1-18-13(17)11-7-9(4-5-16-11)19-12-6-8(14)2-3-10(12)15/h2-7H,15H2,1H3. The zero-order valence-electron chi connectivity index (χ0n) is 10.1. The van der Waals surface area contributed by atoms with Crippen LogP contribution in [0.15, 0.2) is 36.5 Å². The number of esters is 1. The molecule has 0 radical (unpaired) electrons. The van der Waals surface area contributed by atoms with Gasteiger partial charge in [-0.3, -0.25) is 0 Å². The van der Waals surface area contributed by atoms with Gasteiger partial charge in [0.1, 0.15) is 11.6 Å². The van der Waals surface area contributed by atoms with E-state index in [0.29, 0.717) is 5.75 Å². The maximum Gasteiger partial charge on any atom is 0.356 e. The number of nitrogens with zero attached hydrogens (tertiary/aromatic N) is 1. The molecule has 5 nitrogen and oxygen atoms in total. The summed E-state index contributed by atoms with van der Waals surface area (Å²) in [7, 11) is 1.25. The number of carbonyl (C=O) groups excluding carboxylic acids is 1. The highest BCUT2D eigenvalue weighted by Gasteiger charge is 2.10. The molecule has 1 aromatic heterocycles. The lowest BCUT2D eigenvalue weighted by Crippen LogP contribution is -2.04. The molecule has 2 N–H and O–H groups in total. The minimum absolute atomic E-state index is 0.0926. The van der Waals surface area contributed by atoms with Crippen molar-refractivity contribution in [1.82, 2.24) is 4.98 Å². The van der Waals surface area contributed by atoms with Crippen LogP contribution in [-0.4, -0.2) is 18.1 Å². The van der Waals surface area contributed by atoms with Crippen molar-refractivity contribution >= 4 is 11.7 Å². The van der Waals surface area contributed by atoms with Crippen LogP contribution in [-0.2, 0) is 4.74 Å². The molecule has 2 rings (SSSR count). The fraction of sp³-hybridized carbons (Fsp3) is 0.0769. The molecule has 0 unspecified atom stereocenters. The predicted molar refractivity (Wildman–Crippen MR) is 66.5 cm³/mol. The minimum atomic E-state index is -0.585. The van der Waals surface area contributed by atoms with Gasteiger partial charge in [-0.15, -0.1) is 0 Å². The summed E-state index contributed by atoms with van der Waals surface area (Å²) in [6.07, 6.45) is 1.39. The molecule has 1 heterocycles. The number of anilines is 1. The third-order valence-electron chi connectivity index (χ3n) is 2.33. The number of hydrogen-bond acceptors (Lipinski definition) is 5. The number of hydrogen-bond donors (Lipinski definition) is 1. The number of nitrogen functional groups attached to an aromatic ring is 1. The number of benzene rings is 1. The highest BCUT2D eigenvalue weighted by Crippen LogP contribution is 2.28. The molecule has 19 heavy (non-hydrogen) atoms. The van der Waals surface area contributed by atoms with Crippen LogP contribution >= 0.6 is 0 Å². The lowest BCUT2D eigenvalue weighted by Gasteiger charge is -2.08. The van der Waals surface area contributed by atoms with Gasteiger partial charge in [0, 0.05) is 18.3 Å². The first-order valence-electron chi connectivity index (χ1n) is 5.37. The van der Waals surface area contributed by atoms with Crippen LogP contribution in [0.2, 0.25) is 0 Å². The van der Waals surface area contributed by atoms with Crippen molar-refractivity contribution in [2.75, 3.05) is 12.8 Å². The van der Waals surface area contributed by atoms with Crippen LogP contribution in [0.4, 0.5) is 10.1 Å². The molecule has 6 heteroatoms. The van der Waals surface area contributed by atoms with Crippen LogP contribution in [0.3, 0.4) is 0 Å². The SMILES string of the molecule is COC(=O)c1cc(Oc2cc(F)ccc2N)ccn1. The van der Waals surface area contributed by atoms with E-state index in [1.54, 1.807) is 0 Å². The predicted octanol–water partition coefficient (Wildman–Crippen LogP) is 2.38. The molecule has 0 amide bonds. The van der Waals surface area contributed by atoms with Gasteiger partial charge in [-0.2, -0.15) is 0 Å². The van der Waals surface area contributed by atoms with Gasteiger partial charge in [0.25, 0.3) is 0 Å². The van der Waals surface area contributed by atoms with Crippen molar-refractivity contribution < 1.29 is 18.7 Å². The van der Waals surface area contributed by atoms with Gasteiger partial charge >= 0.3 is 5.97 Å². The van der Waals surface area contributed by atoms with Crippen LogP contribution in [0.1, 0.15) is 10.5 Å². The average molecular weight is 262 g/mol. The van der Waals surface area contributed by atoms with Crippen molar-refractivity contribution in [3.8, 4) is 11.5 Å². The second-order valence-electron chi connectivity index (χ2n) is 3.65. The van der Waals surface area contributed by atoms with Crippen molar-refractivity contribution in [3.05, 3.63) is 48.0 Å². The second kappa shape index (κ2) is 5.34. The summed E-state index contributed by atoms with van der Waals surface area (Å²) in [5, 5.41) is 0. The number of carbonyl (C=O) groups is 1. The lowest BCUT2D eigenvalue weighted by atomic mass is 10.3. The number of methoxy groups -OCH3 is 1. The Morgan fingerprint density at radius 1 is 1.32 bits per heavy atom. The Labute approximate surface area is 108 Å². The molecule has 0 spiro atoms. The normalized spacial score (nSPS) is 10.0. The molecule has 0 bridgehead atoms. The smallest absolute Gasteiger partial charge is 0.356 e. The highest BCUT2D eigenvalue weighted by atomic mass is 19.1. The molecule has 2 aromatic rings. The van der Waals surface area contributed by atoms with E-state index in [4.69, 9.17) is 10.5 Å². The topological polar surface area (TPSA) is 74.4 Å². The van der Waals surface area contributed by atoms with Crippen LogP contribution in [0.25, 0.3) is 0 Å². The molecule has 1 aromatic carbocycles. The van der Waals surface area contributed by atoms with Crippen molar-refractivity contribution in [3.63, 3.8) is 0 Å². The Morgan fingerprint density at radius 3 is 2.84 bits per heavy atom. The number of nitrogens with two attached hydrogens (primary N) is 1. The fourth-order valence-electron chi connectivity index (χ4n) is 1.41. The Morgan fingerprint density at radius 2 is 2.11 bits per heavy atom. The summed E-state index contributed by atoms with van der Waals surface area (Å²) >= 11 is 0. The van der Waals surface area contributed by atoms with E-state index in [-0.39, 0.29) is 17.1 Å². The average Bonchev–Trinajstić information content (AvgIpc) is 2.42. The summed E-state index contributed by atoms with van der Waals surface area (Å²) < 4.78 is 23.0. The number of aromatic nitrogens is 1.